The number of carbonyl (C=O) groups is 1. The van der Waals surface area contributed by atoms with Gasteiger partial charge in [0.05, 0.1) is 32.0 Å². The molecule has 4 heterocycles. The lowest BCUT2D eigenvalue weighted by molar-refractivity contribution is -0.363. The maximum atomic E-state index is 14.5. The molecule has 8 rings (SSSR count). The molecule has 3 saturated carbocycles. The maximum absolute atomic E-state index is 14.5. The molecular formula is C39H60O14. The second-order valence-electron chi connectivity index (χ2n) is 18.1. The van der Waals surface area contributed by atoms with E-state index in [4.69, 9.17) is 28.4 Å². The van der Waals surface area contributed by atoms with Gasteiger partial charge >= 0.3 is 0 Å². The summed E-state index contributed by atoms with van der Waals surface area (Å²) in [4.78, 5) is 14.5. The Hall–Kier alpha value is -1.11. The van der Waals surface area contributed by atoms with Gasteiger partial charge < -0.3 is 64.2 Å². The zero-order valence-corrected chi connectivity index (χ0v) is 31.2. The van der Waals surface area contributed by atoms with Gasteiger partial charge in [0.1, 0.15) is 54.6 Å². The SMILES string of the molecule is C[C@@H]1CC[C@@]2(OC1)OC1CC3C4CC=C5C[C@@H](O[C@@H]6O[C@H](CO)[C@H](O[C@@H]7O[C@H](CO)[C@@H](O)[C@H](O)[C@H]7O)[C@H](O)[C@H]6O)CC[C@]5(C)C4CC(=O)[C@]3(C)C1[C@@H]2C. The number of aliphatic hydroxyl groups excluding tert-OH is 7. The fourth-order valence-electron chi connectivity index (χ4n) is 12.3. The Morgan fingerprint density at radius 2 is 1.53 bits per heavy atom. The van der Waals surface area contributed by atoms with E-state index in [-0.39, 0.29) is 41.3 Å². The molecular weight excluding hydrogens is 692 g/mol. The minimum atomic E-state index is -1.74. The van der Waals surface area contributed by atoms with E-state index in [0.717, 1.165) is 32.1 Å². The van der Waals surface area contributed by atoms with E-state index in [1.54, 1.807) is 0 Å². The van der Waals surface area contributed by atoms with Crippen LogP contribution in [0.25, 0.3) is 0 Å². The lowest BCUT2D eigenvalue weighted by Gasteiger charge is -2.58. The van der Waals surface area contributed by atoms with Gasteiger partial charge in [-0.25, -0.2) is 0 Å². The Labute approximate surface area is 310 Å². The molecule has 4 aliphatic carbocycles. The molecule has 0 aromatic heterocycles. The molecule has 1 spiro atoms. The van der Waals surface area contributed by atoms with Crippen LogP contribution in [-0.2, 0) is 33.2 Å². The second-order valence-corrected chi connectivity index (χ2v) is 18.1. The number of ether oxygens (including phenoxy) is 6. The first kappa shape index (κ1) is 38.7. The Morgan fingerprint density at radius 1 is 0.830 bits per heavy atom. The van der Waals surface area contributed by atoms with Crippen LogP contribution in [0.4, 0.5) is 0 Å². The Morgan fingerprint density at radius 3 is 2.23 bits per heavy atom. The molecule has 5 unspecified atom stereocenters. The predicted octanol–water partition coefficient (Wildman–Crippen LogP) is 0.541. The fourth-order valence-corrected chi connectivity index (χ4v) is 12.3. The molecule has 14 nitrogen and oxygen atoms in total. The third-order valence-corrected chi connectivity index (χ3v) is 15.5. The summed E-state index contributed by atoms with van der Waals surface area (Å²) in [5.74, 6) is 1.44. The summed E-state index contributed by atoms with van der Waals surface area (Å²) in [5, 5.41) is 72.7. The van der Waals surface area contributed by atoms with Crippen LogP contribution in [-0.4, -0.2) is 141 Å². The molecule has 7 N–H and O–H groups in total. The standard InChI is InChI=1S/C39H60O14/c1-17-7-10-39(48-16-17)18(2)28-24(53-39)12-23-21-6-5-19-11-20(8-9-37(19,3)22(21)13-27(42)38(23,28)4)49-35-33(47)31(45)34(26(15-41)51-35)52-36-32(46)30(44)29(43)25(14-40)50-36/h5,17-18,20-26,28-36,40-41,43-47H,6-16H2,1-4H3/t17-,18+,20+,21?,22?,23?,24?,25-,26-,28?,29-,30+,31-,32-,33-,34+,35-,36+,37+,38-,39-/m1/s1. The topological polar surface area (TPSA) is 214 Å². The first-order valence-electron chi connectivity index (χ1n) is 19.9. The molecule has 0 aromatic rings. The van der Waals surface area contributed by atoms with Crippen LogP contribution in [0.3, 0.4) is 0 Å². The van der Waals surface area contributed by atoms with Gasteiger partial charge in [0, 0.05) is 30.1 Å². The van der Waals surface area contributed by atoms with Crippen LogP contribution in [0.15, 0.2) is 11.6 Å². The van der Waals surface area contributed by atoms with Gasteiger partial charge in [-0.1, -0.05) is 39.3 Å². The van der Waals surface area contributed by atoms with Gasteiger partial charge in [0.2, 0.25) is 0 Å². The van der Waals surface area contributed by atoms with Crippen molar-refractivity contribution in [2.75, 3.05) is 19.8 Å². The summed E-state index contributed by atoms with van der Waals surface area (Å²) in [7, 11) is 0. The summed E-state index contributed by atoms with van der Waals surface area (Å²) in [6.45, 7) is 8.38. The number of Topliss-reactive ketones (excluding diaryl/α,β-unsaturated/α-hetero) is 1. The van der Waals surface area contributed by atoms with Crippen molar-refractivity contribution in [3.05, 3.63) is 11.6 Å². The molecule has 4 saturated heterocycles. The highest BCUT2D eigenvalue weighted by molar-refractivity contribution is 5.87. The van der Waals surface area contributed by atoms with E-state index in [1.807, 2.05) is 0 Å². The smallest absolute Gasteiger partial charge is 0.187 e. The average Bonchev–Trinajstić information content (AvgIpc) is 3.59. The highest BCUT2D eigenvalue weighted by Crippen LogP contribution is 2.69. The molecule has 8 aliphatic rings. The quantitative estimate of drug-likeness (QED) is 0.185. The molecule has 4 aliphatic heterocycles. The van der Waals surface area contributed by atoms with E-state index in [9.17, 15) is 40.5 Å². The summed E-state index contributed by atoms with van der Waals surface area (Å²) in [6.07, 6.45) is -6.67. The van der Waals surface area contributed by atoms with Crippen molar-refractivity contribution in [2.24, 2.45) is 46.3 Å². The number of ketones is 1. The van der Waals surface area contributed by atoms with Crippen LogP contribution >= 0.6 is 0 Å². The number of allylic oxidation sites excluding steroid dienone is 1. The van der Waals surface area contributed by atoms with Crippen molar-refractivity contribution >= 4 is 5.78 Å². The van der Waals surface area contributed by atoms with E-state index in [2.05, 4.69) is 33.8 Å². The lowest BCUT2D eigenvalue weighted by atomic mass is 9.46. The summed E-state index contributed by atoms with van der Waals surface area (Å²) >= 11 is 0. The van der Waals surface area contributed by atoms with Gasteiger partial charge in [0.15, 0.2) is 18.4 Å². The second kappa shape index (κ2) is 14.1. The number of carbonyl (C=O) groups excluding carboxylic acids is 1. The maximum Gasteiger partial charge on any atom is 0.187 e. The van der Waals surface area contributed by atoms with Gasteiger partial charge in [-0.3, -0.25) is 4.79 Å². The third-order valence-electron chi connectivity index (χ3n) is 15.5. The van der Waals surface area contributed by atoms with E-state index in [0.29, 0.717) is 43.5 Å². The van der Waals surface area contributed by atoms with Gasteiger partial charge in [0.25, 0.3) is 0 Å². The van der Waals surface area contributed by atoms with Gasteiger partial charge in [-0.15, -0.1) is 0 Å². The molecule has 0 amide bonds. The van der Waals surface area contributed by atoms with Crippen LogP contribution in [0.1, 0.15) is 79.1 Å². The van der Waals surface area contributed by atoms with Crippen LogP contribution in [0.2, 0.25) is 0 Å². The normalized spacial score (nSPS) is 56.7. The highest BCUT2D eigenvalue weighted by Gasteiger charge is 2.71. The number of hydrogen-bond acceptors (Lipinski definition) is 14. The predicted molar refractivity (Wildman–Crippen MR) is 183 cm³/mol. The minimum absolute atomic E-state index is 0.0284. The van der Waals surface area contributed by atoms with Crippen LogP contribution in [0.5, 0.6) is 0 Å². The van der Waals surface area contributed by atoms with Crippen LogP contribution in [0, 0.1) is 46.3 Å². The first-order valence-corrected chi connectivity index (χ1v) is 19.9. The Balaban J connectivity index is 0.929. The Kier molecular flexibility index (Phi) is 10.3. The molecule has 7 fully saturated rings. The van der Waals surface area contributed by atoms with Gasteiger partial charge in [-0.05, 0) is 67.6 Å². The average molecular weight is 753 g/mol. The molecule has 53 heavy (non-hydrogen) atoms. The number of aliphatic hydroxyl groups is 7. The zero-order valence-electron chi connectivity index (χ0n) is 31.2. The molecule has 21 atom stereocenters. The fraction of sp³-hybridized carbons (Fsp3) is 0.923. The van der Waals surface area contributed by atoms with Crippen molar-refractivity contribution in [1.82, 2.24) is 0 Å². The monoisotopic (exact) mass is 752 g/mol. The largest absolute Gasteiger partial charge is 0.394 e. The van der Waals surface area contributed by atoms with Crippen molar-refractivity contribution in [3.63, 3.8) is 0 Å². The lowest BCUT2D eigenvalue weighted by Crippen LogP contribution is -2.65. The van der Waals surface area contributed by atoms with Gasteiger partial charge in [-0.2, -0.15) is 0 Å². The molecule has 0 aromatic carbocycles. The summed E-state index contributed by atoms with van der Waals surface area (Å²) < 4.78 is 36.6. The highest BCUT2D eigenvalue weighted by atomic mass is 16.7. The van der Waals surface area contributed by atoms with Crippen molar-refractivity contribution < 1.29 is 69.0 Å². The van der Waals surface area contributed by atoms with Crippen LogP contribution < -0.4 is 0 Å². The van der Waals surface area contributed by atoms with Crippen molar-refractivity contribution in [2.45, 2.75) is 158 Å². The third kappa shape index (κ3) is 5.96. The number of fused-ring (bicyclic) bond motifs is 7. The molecule has 0 radical (unpaired) electrons. The molecule has 0 bridgehead atoms. The zero-order chi connectivity index (χ0) is 37.8. The molecule has 14 heteroatoms. The Bertz CT molecular complexity index is 1400. The first-order chi connectivity index (χ1) is 25.2. The summed E-state index contributed by atoms with van der Waals surface area (Å²) in [5.41, 5.74) is 0.620. The summed E-state index contributed by atoms with van der Waals surface area (Å²) in [6, 6.07) is 0. The van der Waals surface area contributed by atoms with E-state index < -0.39 is 85.8 Å². The minimum Gasteiger partial charge on any atom is -0.394 e. The van der Waals surface area contributed by atoms with E-state index in [1.165, 1.54) is 5.57 Å². The number of rotatable bonds is 6. The van der Waals surface area contributed by atoms with E-state index >= 15 is 0 Å². The molecule has 300 valence electrons. The number of hydrogen-bond donors (Lipinski definition) is 7. The van der Waals surface area contributed by atoms with Crippen molar-refractivity contribution in [3.8, 4) is 0 Å². The van der Waals surface area contributed by atoms with Crippen molar-refractivity contribution in [1.29, 1.82) is 0 Å².